The van der Waals surface area contributed by atoms with E-state index < -0.39 is 5.97 Å². The van der Waals surface area contributed by atoms with Crippen LogP contribution in [0.5, 0.6) is 0 Å². The number of imidazole rings is 1. The highest BCUT2D eigenvalue weighted by atomic mass is 35.5. The second-order valence-corrected chi connectivity index (χ2v) is 4.73. The van der Waals surface area contributed by atoms with Gasteiger partial charge in [0.2, 0.25) is 0 Å². The maximum absolute atomic E-state index is 11.1. The average molecular weight is 288 g/mol. The minimum atomic E-state index is -0.920. The Labute approximate surface area is 119 Å². The van der Waals surface area contributed by atoms with Crippen LogP contribution in [0.3, 0.4) is 0 Å². The van der Waals surface area contributed by atoms with Crippen molar-refractivity contribution in [1.82, 2.24) is 14.4 Å². The van der Waals surface area contributed by atoms with Crippen LogP contribution in [-0.4, -0.2) is 25.4 Å². The lowest BCUT2D eigenvalue weighted by Crippen LogP contribution is -2.04. The van der Waals surface area contributed by atoms with E-state index in [4.69, 9.17) is 16.7 Å². The maximum atomic E-state index is 11.1. The fourth-order valence-corrected chi connectivity index (χ4v) is 2.27. The summed E-state index contributed by atoms with van der Waals surface area (Å²) >= 11 is 5.97. The van der Waals surface area contributed by atoms with Crippen molar-refractivity contribution < 1.29 is 9.90 Å². The standard InChI is InChI=1S/C14H10ClN3O2/c15-10-3-4-12-17-14(9-2-1-5-16-7-9)11(6-13(19)20)18(12)8-10/h1-5,7-8H,6H2,(H,19,20). The first-order valence-electron chi connectivity index (χ1n) is 5.94. The van der Waals surface area contributed by atoms with Gasteiger partial charge in [-0.2, -0.15) is 0 Å². The van der Waals surface area contributed by atoms with Gasteiger partial charge in [0.25, 0.3) is 0 Å². The molecule has 100 valence electrons. The first-order valence-corrected chi connectivity index (χ1v) is 6.31. The predicted molar refractivity (Wildman–Crippen MR) is 74.8 cm³/mol. The molecule has 0 aromatic carbocycles. The number of hydrogen-bond acceptors (Lipinski definition) is 3. The number of halogens is 1. The van der Waals surface area contributed by atoms with E-state index in [0.29, 0.717) is 22.1 Å². The molecule has 1 N–H and O–H groups in total. The van der Waals surface area contributed by atoms with E-state index in [0.717, 1.165) is 5.56 Å². The molecule has 5 nitrogen and oxygen atoms in total. The molecule has 0 aliphatic rings. The highest BCUT2D eigenvalue weighted by molar-refractivity contribution is 6.30. The molecule has 3 heterocycles. The molecule has 6 heteroatoms. The summed E-state index contributed by atoms with van der Waals surface area (Å²) < 4.78 is 1.71. The molecular formula is C14H10ClN3O2. The van der Waals surface area contributed by atoms with Gasteiger partial charge in [0, 0.05) is 24.2 Å². The third-order valence-corrected chi connectivity index (χ3v) is 3.16. The number of carboxylic acids is 1. The summed E-state index contributed by atoms with van der Waals surface area (Å²) in [6.07, 6.45) is 4.86. The van der Waals surface area contributed by atoms with Crippen molar-refractivity contribution in [3.8, 4) is 11.3 Å². The maximum Gasteiger partial charge on any atom is 0.309 e. The van der Waals surface area contributed by atoms with Gasteiger partial charge in [0.15, 0.2) is 0 Å². The van der Waals surface area contributed by atoms with Crippen LogP contribution in [0.1, 0.15) is 5.69 Å². The van der Waals surface area contributed by atoms with E-state index in [2.05, 4.69) is 9.97 Å². The lowest BCUT2D eigenvalue weighted by molar-refractivity contribution is -0.136. The Balaban J connectivity index is 2.28. The second kappa shape index (κ2) is 4.94. The largest absolute Gasteiger partial charge is 0.481 e. The Bertz CT molecular complexity index is 784. The third-order valence-electron chi connectivity index (χ3n) is 2.94. The monoisotopic (exact) mass is 287 g/mol. The lowest BCUT2D eigenvalue weighted by atomic mass is 10.1. The summed E-state index contributed by atoms with van der Waals surface area (Å²) in [5, 5.41) is 9.62. The first-order chi connectivity index (χ1) is 9.65. The Morgan fingerprint density at radius 1 is 1.35 bits per heavy atom. The van der Waals surface area contributed by atoms with Crippen molar-refractivity contribution >= 4 is 23.2 Å². The average Bonchev–Trinajstić information content (AvgIpc) is 2.77. The molecule has 3 rings (SSSR count). The topological polar surface area (TPSA) is 67.5 Å². The number of pyridine rings is 2. The van der Waals surface area contributed by atoms with Crippen molar-refractivity contribution in [3.63, 3.8) is 0 Å². The molecule has 0 spiro atoms. The van der Waals surface area contributed by atoms with Crippen LogP contribution in [0.25, 0.3) is 16.9 Å². The molecular weight excluding hydrogens is 278 g/mol. The van der Waals surface area contributed by atoms with Crippen LogP contribution in [0, 0.1) is 0 Å². The Morgan fingerprint density at radius 3 is 2.90 bits per heavy atom. The zero-order valence-corrected chi connectivity index (χ0v) is 11.1. The summed E-state index contributed by atoms with van der Waals surface area (Å²) in [4.78, 5) is 19.6. The number of rotatable bonds is 3. The molecule has 0 bridgehead atoms. The van der Waals surface area contributed by atoms with E-state index in [1.807, 2.05) is 6.07 Å². The van der Waals surface area contributed by atoms with Crippen molar-refractivity contribution in [1.29, 1.82) is 0 Å². The van der Waals surface area contributed by atoms with Crippen LogP contribution in [0.15, 0.2) is 42.9 Å². The van der Waals surface area contributed by atoms with Gasteiger partial charge >= 0.3 is 5.97 Å². The Hall–Kier alpha value is -2.40. The summed E-state index contributed by atoms with van der Waals surface area (Å²) in [5.74, 6) is -0.920. The molecule has 0 amide bonds. The highest BCUT2D eigenvalue weighted by Crippen LogP contribution is 2.25. The SMILES string of the molecule is O=C(O)Cc1c(-c2cccnc2)nc2ccc(Cl)cn12. The van der Waals surface area contributed by atoms with Gasteiger partial charge < -0.3 is 9.51 Å². The predicted octanol–water partition coefficient (Wildman–Crippen LogP) is 2.68. The fraction of sp³-hybridized carbons (Fsp3) is 0.0714. The normalized spacial score (nSPS) is 10.8. The molecule has 20 heavy (non-hydrogen) atoms. The minimum absolute atomic E-state index is 0.133. The van der Waals surface area contributed by atoms with Crippen LogP contribution in [-0.2, 0) is 11.2 Å². The summed E-state index contributed by atoms with van der Waals surface area (Å²) in [7, 11) is 0. The minimum Gasteiger partial charge on any atom is -0.481 e. The Morgan fingerprint density at radius 2 is 2.20 bits per heavy atom. The second-order valence-electron chi connectivity index (χ2n) is 4.29. The van der Waals surface area contributed by atoms with Crippen LogP contribution < -0.4 is 0 Å². The summed E-state index contributed by atoms with van der Waals surface area (Å²) in [6.45, 7) is 0. The number of carbonyl (C=O) groups is 1. The molecule has 0 aliphatic heterocycles. The van der Waals surface area contributed by atoms with E-state index in [-0.39, 0.29) is 6.42 Å². The van der Waals surface area contributed by atoms with Gasteiger partial charge in [-0.1, -0.05) is 11.6 Å². The molecule has 0 radical (unpaired) electrons. The van der Waals surface area contributed by atoms with Crippen LogP contribution in [0.2, 0.25) is 5.02 Å². The smallest absolute Gasteiger partial charge is 0.309 e. The Kier molecular flexibility index (Phi) is 3.12. The van der Waals surface area contributed by atoms with Gasteiger partial charge in [-0.15, -0.1) is 0 Å². The van der Waals surface area contributed by atoms with Crippen LogP contribution in [0.4, 0.5) is 0 Å². The van der Waals surface area contributed by atoms with Crippen molar-refractivity contribution in [2.45, 2.75) is 6.42 Å². The lowest BCUT2D eigenvalue weighted by Gasteiger charge is -2.02. The molecule has 0 fully saturated rings. The number of aromatic nitrogens is 3. The molecule has 0 saturated carbocycles. The molecule has 0 saturated heterocycles. The number of fused-ring (bicyclic) bond motifs is 1. The van der Waals surface area contributed by atoms with Gasteiger partial charge in [-0.3, -0.25) is 9.78 Å². The summed E-state index contributed by atoms with van der Waals surface area (Å²) in [5.41, 5.74) is 2.64. The molecule has 0 atom stereocenters. The molecule has 3 aromatic heterocycles. The summed E-state index contributed by atoms with van der Waals surface area (Å²) in [6, 6.07) is 7.12. The number of hydrogen-bond donors (Lipinski definition) is 1. The van der Waals surface area contributed by atoms with Gasteiger partial charge in [0.1, 0.15) is 5.65 Å². The quantitative estimate of drug-likeness (QED) is 0.804. The zero-order chi connectivity index (χ0) is 14.1. The van der Waals surface area contributed by atoms with Gasteiger partial charge in [0.05, 0.1) is 22.8 Å². The first kappa shape index (κ1) is 12.6. The molecule has 0 unspecified atom stereocenters. The number of carboxylic acid groups (broad SMARTS) is 1. The number of nitrogens with zero attached hydrogens (tertiary/aromatic N) is 3. The van der Waals surface area contributed by atoms with Crippen molar-refractivity contribution in [2.24, 2.45) is 0 Å². The van der Waals surface area contributed by atoms with Crippen molar-refractivity contribution in [3.05, 3.63) is 53.6 Å². The van der Waals surface area contributed by atoms with Crippen molar-refractivity contribution in [2.75, 3.05) is 0 Å². The van der Waals surface area contributed by atoms with E-state index in [9.17, 15) is 4.79 Å². The highest BCUT2D eigenvalue weighted by Gasteiger charge is 2.16. The van der Waals surface area contributed by atoms with E-state index in [1.165, 1.54) is 0 Å². The van der Waals surface area contributed by atoms with Gasteiger partial charge in [-0.25, -0.2) is 4.98 Å². The third kappa shape index (κ3) is 2.23. The van der Waals surface area contributed by atoms with E-state index in [1.54, 1.807) is 41.2 Å². The zero-order valence-electron chi connectivity index (χ0n) is 10.3. The molecule has 3 aromatic rings. The van der Waals surface area contributed by atoms with Gasteiger partial charge in [-0.05, 0) is 24.3 Å². The van der Waals surface area contributed by atoms with Crippen LogP contribution >= 0.6 is 11.6 Å². The number of aliphatic carboxylic acids is 1. The van der Waals surface area contributed by atoms with E-state index >= 15 is 0 Å². The molecule has 0 aliphatic carbocycles. The fourth-order valence-electron chi connectivity index (χ4n) is 2.11.